The van der Waals surface area contributed by atoms with Crippen LogP contribution in [0.15, 0.2) is 66.3 Å². The number of amides is 1. The van der Waals surface area contributed by atoms with Crippen LogP contribution < -0.4 is 5.32 Å². The van der Waals surface area contributed by atoms with Gasteiger partial charge in [-0.3, -0.25) is 4.79 Å². The molecule has 4 aromatic rings. The Bertz CT molecular complexity index is 973. The van der Waals surface area contributed by atoms with E-state index in [1.54, 1.807) is 11.3 Å². The molecular weight excluding hydrogens is 332 g/mol. The molecular formula is C19H16N4OS. The Morgan fingerprint density at radius 3 is 2.72 bits per heavy atom. The van der Waals surface area contributed by atoms with Crippen molar-refractivity contribution in [2.24, 2.45) is 0 Å². The van der Waals surface area contributed by atoms with Gasteiger partial charge in [0, 0.05) is 23.3 Å². The third-order valence-electron chi connectivity index (χ3n) is 3.79. The van der Waals surface area contributed by atoms with Crippen molar-refractivity contribution < 1.29 is 4.79 Å². The maximum atomic E-state index is 12.2. The fourth-order valence-corrected chi connectivity index (χ4v) is 3.42. The molecule has 0 unspecified atom stereocenters. The van der Waals surface area contributed by atoms with Crippen LogP contribution in [-0.2, 0) is 17.8 Å². The van der Waals surface area contributed by atoms with Gasteiger partial charge >= 0.3 is 0 Å². The summed E-state index contributed by atoms with van der Waals surface area (Å²) in [5, 5.41) is 5.78. The van der Waals surface area contributed by atoms with Gasteiger partial charge in [0.15, 0.2) is 0 Å². The molecule has 6 heteroatoms. The quantitative estimate of drug-likeness (QED) is 0.602. The van der Waals surface area contributed by atoms with E-state index in [1.807, 2.05) is 70.7 Å². The number of nitrogens with one attached hydrogen (secondary N) is 1. The Morgan fingerprint density at radius 2 is 1.88 bits per heavy atom. The van der Waals surface area contributed by atoms with Gasteiger partial charge in [0.05, 0.1) is 24.4 Å². The second-order valence-corrected chi connectivity index (χ2v) is 6.52. The van der Waals surface area contributed by atoms with Gasteiger partial charge in [0.1, 0.15) is 10.7 Å². The lowest BCUT2D eigenvalue weighted by atomic mass is 10.2. The molecule has 4 rings (SSSR count). The Labute approximate surface area is 149 Å². The number of fused-ring (bicyclic) bond motifs is 1. The molecule has 0 bridgehead atoms. The first-order valence-corrected chi connectivity index (χ1v) is 8.85. The first kappa shape index (κ1) is 15.5. The minimum atomic E-state index is -0.0537. The average Bonchev–Trinajstić information content (AvgIpc) is 3.27. The Morgan fingerprint density at radius 1 is 1.04 bits per heavy atom. The number of nitrogens with zero attached hydrogens (tertiary/aromatic N) is 3. The van der Waals surface area contributed by atoms with Crippen LogP contribution in [0.2, 0.25) is 0 Å². The van der Waals surface area contributed by atoms with E-state index in [0.717, 1.165) is 27.6 Å². The molecule has 0 aliphatic carbocycles. The van der Waals surface area contributed by atoms with E-state index in [1.165, 1.54) is 0 Å². The molecule has 0 radical (unpaired) electrons. The fourth-order valence-electron chi connectivity index (χ4n) is 2.59. The van der Waals surface area contributed by atoms with Gasteiger partial charge < -0.3 is 9.72 Å². The largest absolute Gasteiger partial charge is 0.350 e. The van der Waals surface area contributed by atoms with Crippen LogP contribution in [0.5, 0.6) is 0 Å². The number of rotatable bonds is 5. The number of aromatic nitrogens is 3. The SMILES string of the molecule is O=C(Cc1csc(-c2ccccc2)n1)NCc1cn2ccccc2n1. The summed E-state index contributed by atoms with van der Waals surface area (Å²) in [5.74, 6) is -0.0537. The lowest BCUT2D eigenvalue weighted by Gasteiger charge is -2.01. The predicted octanol–water partition coefficient (Wildman–Crippen LogP) is 3.32. The first-order valence-electron chi connectivity index (χ1n) is 7.97. The molecule has 3 heterocycles. The first-order chi connectivity index (χ1) is 12.3. The molecule has 3 aromatic heterocycles. The summed E-state index contributed by atoms with van der Waals surface area (Å²) in [6, 6.07) is 15.8. The van der Waals surface area contributed by atoms with Gasteiger partial charge in [-0.05, 0) is 12.1 Å². The third kappa shape index (κ3) is 3.59. The number of carbonyl (C=O) groups excluding carboxylic acids is 1. The zero-order chi connectivity index (χ0) is 17.1. The lowest BCUT2D eigenvalue weighted by Crippen LogP contribution is -2.24. The summed E-state index contributed by atoms with van der Waals surface area (Å²) < 4.78 is 1.94. The normalized spacial score (nSPS) is 10.9. The van der Waals surface area contributed by atoms with Crippen molar-refractivity contribution in [1.29, 1.82) is 0 Å². The molecule has 0 atom stereocenters. The monoisotopic (exact) mass is 348 g/mol. The summed E-state index contributed by atoms with van der Waals surface area (Å²) in [5.41, 5.74) is 3.57. The number of hydrogen-bond donors (Lipinski definition) is 1. The van der Waals surface area contributed by atoms with E-state index in [-0.39, 0.29) is 12.3 Å². The summed E-state index contributed by atoms with van der Waals surface area (Å²) in [7, 11) is 0. The van der Waals surface area contributed by atoms with E-state index in [0.29, 0.717) is 6.54 Å². The highest BCUT2D eigenvalue weighted by molar-refractivity contribution is 7.13. The van der Waals surface area contributed by atoms with Crippen LogP contribution >= 0.6 is 11.3 Å². The minimum Gasteiger partial charge on any atom is -0.350 e. The van der Waals surface area contributed by atoms with Crippen LogP contribution in [-0.4, -0.2) is 20.3 Å². The van der Waals surface area contributed by atoms with E-state index >= 15 is 0 Å². The summed E-state index contributed by atoms with van der Waals surface area (Å²) >= 11 is 1.56. The van der Waals surface area contributed by atoms with E-state index in [4.69, 9.17) is 0 Å². The molecule has 25 heavy (non-hydrogen) atoms. The highest BCUT2D eigenvalue weighted by atomic mass is 32.1. The maximum absolute atomic E-state index is 12.2. The topological polar surface area (TPSA) is 59.3 Å². The zero-order valence-electron chi connectivity index (χ0n) is 13.4. The molecule has 1 aromatic carbocycles. The molecule has 0 spiro atoms. The lowest BCUT2D eigenvalue weighted by molar-refractivity contribution is -0.120. The molecule has 1 amide bonds. The van der Waals surface area contributed by atoms with Crippen LogP contribution in [0.4, 0.5) is 0 Å². The summed E-state index contributed by atoms with van der Waals surface area (Å²) in [4.78, 5) is 21.2. The van der Waals surface area contributed by atoms with Crippen LogP contribution in [0, 0.1) is 0 Å². The second kappa shape index (κ2) is 6.86. The van der Waals surface area contributed by atoms with E-state index in [9.17, 15) is 4.79 Å². The van der Waals surface area contributed by atoms with E-state index < -0.39 is 0 Å². The fraction of sp³-hybridized carbons (Fsp3) is 0.105. The Kier molecular flexibility index (Phi) is 4.26. The molecule has 0 aliphatic rings. The van der Waals surface area contributed by atoms with Gasteiger partial charge in [-0.25, -0.2) is 9.97 Å². The summed E-state index contributed by atoms with van der Waals surface area (Å²) in [6.45, 7) is 0.413. The van der Waals surface area contributed by atoms with Gasteiger partial charge in [-0.1, -0.05) is 36.4 Å². The van der Waals surface area contributed by atoms with Crippen molar-refractivity contribution in [1.82, 2.24) is 19.7 Å². The average molecular weight is 348 g/mol. The van der Waals surface area contributed by atoms with Crippen molar-refractivity contribution in [3.8, 4) is 10.6 Å². The van der Waals surface area contributed by atoms with Gasteiger partial charge in [0.25, 0.3) is 0 Å². The second-order valence-electron chi connectivity index (χ2n) is 5.66. The third-order valence-corrected chi connectivity index (χ3v) is 4.73. The van der Waals surface area contributed by atoms with Crippen molar-refractivity contribution >= 4 is 22.9 Å². The smallest absolute Gasteiger partial charge is 0.226 e. The number of imidazole rings is 1. The Hall–Kier alpha value is -2.99. The van der Waals surface area contributed by atoms with E-state index in [2.05, 4.69) is 15.3 Å². The number of carbonyl (C=O) groups is 1. The molecule has 0 saturated heterocycles. The number of pyridine rings is 1. The van der Waals surface area contributed by atoms with Crippen LogP contribution in [0.25, 0.3) is 16.2 Å². The highest BCUT2D eigenvalue weighted by Crippen LogP contribution is 2.23. The molecule has 0 aliphatic heterocycles. The van der Waals surface area contributed by atoms with Crippen molar-refractivity contribution in [3.63, 3.8) is 0 Å². The van der Waals surface area contributed by atoms with Crippen LogP contribution in [0.1, 0.15) is 11.4 Å². The maximum Gasteiger partial charge on any atom is 0.226 e. The van der Waals surface area contributed by atoms with Gasteiger partial charge in [0.2, 0.25) is 5.91 Å². The summed E-state index contributed by atoms with van der Waals surface area (Å²) in [6.07, 6.45) is 4.14. The van der Waals surface area contributed by atoms with Gasteiger partial charge in [-0.15, -0.1) is 11.3 Å². The van der Waals surface area contributed by atoms with Crippen molar-refractivity contribution in [2.75, 3.05) is 0 Å². The molecule has 124 valence electrons. The minimum absolute atomic E-state index is 0.0537. The number of thiazole rings is 1. The number of benzene rings is 1. The highest BCUT2D eigenvalue weighted by Gasteiger charge is 2.09. The van der Waals surface area contributed by atoms with Crippen LogP contribution in [0.3, 0.4) is 0 Å². The molecule has 0 fully saturated rings. The standard InChI is InChI=1S/C19H16N4OS/c24-18(20-11-16-12-23-9-5-4-8-17(23)21-16)10-15-13-25-19(22-15)14-6-2-1-3-7-14/h1-9,12-13H,10-11H2,(H,20,24). The van der Waals surface area contributed by atoms with Crippen molar-refractivity contribution in [2.45, 2.75) is 13.0 Å². The zero-order valence-corrected chi connectivity index (χ0v) is 14.2. The molecule has 5 nitrogen and oxygen atoms in total. The predicted molar refractivity (Wildman–Crippen MR) is 98.3 cm³/mol. The van der Waals surface area contributed by atoms with Crippen molar-refractivity contribution in [3.05, 3.63) is 77.7 Å². The van der Waals surface area contributed by atoms with Gasteiger partial charge in [-0.2, -0.15) is 0 Å². The molecule has 0 saturated carbocycles. The molecule has 1 N–H and O–H groups in total. The number of hydrogen-bond acceptors (Lipinski definition) is 4. The Balaban J connectivity index is 1.37.